The molecule has 0 bridgehead atoms. The van der Waals surface area contributed by atoms with Gasteiger partial charge in [-0.25, -0.2) is 0 Å². The minimum Gasteiger partial charge on any atom is -0.312 e. The minimum absolute atomic E-state index is 0.679. The molecule has 0 aromatic rings. The maximum atomic E-state index is 3.84. The normalized spacial score (nSPS) is 38.5. The first kappa shape index (κ1) is 16.3. The van der Waals surface area contributed by atoms with Crippen LogP contribution >= 0.6 is 47.0 Å². The van der Waals surface area contributed by atoms with Gasteiger partial charge in [-0.1, -0.05) is 23.5 Å². The zero-order valence-corrected chi connectivity index (χ0v) is 16.5. The van der Waals surface area contributed by atoms with Gasteiger partial charge >= 0.3 is 0 Å². The van der Waals surface area contributed by atoms with E-state index in [9.17, 15) is 0 Å². The average molecular weight is 373 g/mol. The average Bonchev–Trinajstić information content (AvgIpc) is 3.13. The Labute approximate surface area is 150 Å². The van der Waals surface area contributed by atoms with Crippen molar-refractivity contribution in [3.05, 3.63) is 18.3 Å². The maximum absolute atomic E-state index is 3.84. The van der Waals surface area contributed by atoms with Crippen LogP contribution in [0.1, 0.15) is 25.7 Å². The molecule has 2 saturated heterocycles. The lowest BCUT2D eigenvalue weighted by atomic mass is 9.89. The molecule has 6 heteroatoms. The highest BCUT2D eigenvalue weighted by molar-refractivity contribution is 8.40. The van der Waals surface area contributed by atoms with Gasteiger partial charge in [0.25, 0.3) is 0 Å². The third-order valence-electron chi connectivity index (χ3n) is 5.34. The minimum atomic E-state index is 0.679. The zero-order valence-electron chi connectivity index (χ0n) is 13.2. The van der Waals surface area contributed by atoms with Gasteiger partial charge in [-0.05, 0) is 68.7 Å². The van der Waals surface area contributed by atoms with E-state index < -0.39 is 0 Å². The summed E-state index contributed by atoms with van der Waals surface area (Å²) in [5.74, 6) is 1.54. The van der Waals surface area contributed by atoms with Crippen LogP contribution in [0.3, 0.4) is 0 Å². The SMILES string of the molecule is CSC1=C(SC)SC(=C2C3CCCNC3C3NCCCC23)S1. The summed E-state index contributed by atoms with van der Waals surface area (Å²) in [5.41, 5.74) is 1.81. The molecule has 2 nitrogen and oxygen atoms in total. The first-order valence-electron chi connectivity index (χ1n) is 8.22. The summed E-state index contributed by atoms with van der Waals surface area (Å²) in [5, 5.41) is 7.69. The van der Waals surface area contributed by atoms with Crippen molar-refractivity contribution in [3.8, 4) is 0 Å². The topological polar surface area (TPSA) is 24.1 Å². The third-order valence-corrected chi connectivity index (χ3v) is 10.6. The molecule has 0 radical (unpaired) electrons. The molecule has 2 N–H and O–H groups in total. The second-order valence-corrected chi connectivity index (χ2v) is 10.8. The monoisotopic (exact) mass is 372 g/mol. The van der Waals surface area contributed by atoms with E-state index in [-0.39, 0.29) is 0 Å². The van der Waals surface area contributed by atoms with Crippen molar-refractivity contribution in [2.45, 2.75) is 37.8 Å². The van der Waals surface area contributed by atoms with Gasteiger partial charge in [0, 0.05) is 12.1 Å². The van der Waals surface area contributed by atoms with Crippen LogP contribution in [0.2, 0.25) is 0 Å². The largest absolute Gasteiger partial charge is 0.312 e. The third kappa shape index (κ3) is 2.72. The summed E-state index contributed by atoms with van der Waals surface area (Å²) in [7, 11) is 0. The van der Waals surface area contributed by atoms with Gasteiger partial charge in [0.15, 0.2) is 0 Å². The maximum Gasteiger partial charge on any atom is 0.0657 e. The fourth-order valence-corrected chi connectivity index (χ4v) is 9.82. The molecule has 3 heterocycles. The van der Waals surface area contributed by atoms with Crippen molar-refractivity contribution in [1.82, 2.24) is 10.6 Å². The van der Waals surface area contributed by atoms with E-state index in [1.165, 1.54) is 47.2 Å². The molecule has 0 amide bonds. The van der Waals surface area contributed by atoms with Crippen LogP contribution in [-0.2, 0) is 0 Å². The number of hydrogen-bond acceptors (Lipinski definition) is 6. The molecule has 3 fully saturated rings. The Bertz CT molecular complexity index is 474. The summed E-state index contributed by atoms with van der Waals surface area (Å²) in [6.07, 6.45) is 9.88. The lowest BCUT2D eigenvalue weighted by Crippen LogP contribution is -2.53. The Balaban J connectivity index is 1.69. The first-order chi connectivity index (χ1) is 10.8. The Morgan fingerprint density at radius 3 is 1.82 bits per heavy atom. The smallest absolute Gasteiger partial charge is 0.0657 e. The molecular formula is C16H24N2S4. The van der Waals surface area contributed by atoms with Crippen molar-refractivity contribution in [2.24, 2.45) is 11.8 Å². The summed E-state index contributed by atoms with van der Waals surface area (Å²) < 4.78 is 4.67. The van der Waals surface area contributed by atoms with E-state index in [0.29, 0.717) is 12.1 Å². The summed E-state index contributed by atoms with van der Waals surface area (Å²) in [4.78, 5) is 0. The molecule has 1 aliphatic carbocycles. The molecule has 3 aliphatic heterocycles. The fraction of sp³-hybridized carbons (Fsp3) is 0.750. The van der Waals surface area contributed by atoms with Crippen molar-refractivity contribution in [2.75, 3.05) is 25.6 Å². The predicted molar refractivity (Wildman–Crippen MR) is 105 cm³/mol. The van der Waals surface area contributed by atoms with E-state index in [1.54, 1.807) is 9.81 Å². The molecule has 22 heavy (non-hydrogen) atoms. The highest BCUT2D eigenvalue weighted by Crippen LogP contribution is 2.61. The molecule has 4 aliphatic rings. The van der Waals surface area contributed by atoms with Gasteiger partial charge in [-0.3, -0.25) is 0 Å². The van der Waals surface area contributed by atoms with E-state index in [0.717, 1.165) is 11.8 Å². The second kappa shape index (κ2) is 6.96. The number of rotatable bonds is 2. The number of nitrogens with one attached hydrogen (secondary N) is 2. The van der Waals surface area contributed by atoms with E-state index in [2.05, 4.69) is 46.7 Å². The van der Waals surface area contributed by atoms with Gasteiger partial charge < -0.3 is 10.6 Å². The van der Waals surface area contributed by atoms with Crippen LogP contribution in [0.5, 0.6) is 0 Å². The summed E-state index contributed by atoms with van der Waals surface area (Å²) in [6.45, 7) is 2.42. The summed E-state index contributed by atoms with van der Waals surface area (Å²) >= 11 is 7.97. The van der Waals surface area contributed by atoms with Crippen molar-refractivity contribution in [1.29, 1.82) is 0 Å². The van der Waals surface area contributed by atoms with E-state index in [1.807, 2.05) is 23.5 Å². The van der Waals surface area contributed by atoms with Crippen molar-refractivity contribution < 1.29 is 0 Å². The van der Waals surface area contributed by atoms with Crippen LogP contribution in [0.4, 0.5) is 0 Å². The lowest BCUT2D eigenvalue weighted by molar-refractivity contribution is 0.260. The Kier molecular flexibility index (Phi) is 5.15. The molecule has 4 unspecified atom stereocenters. The molecular weight excluding hydrogens is 348 g/mol. The Morgan fingerprint density at radius 1 is 0.864 bits per heavy atom. The molecule has 1 saturated carbocycles. The molecule has 0 aromatic heterocycles. The standard InChI is InChI=1S/C16H24N2S4/c1-19-15-16(20-2)22-14(21-15)11-9-5-3-7-17-12(9)13-10(11)6-4-8-18-13/h9-10,12-13,17-18H,3-8H2,1-2H3. The molecule has 0 aromatic carbocycles. The zero-order chi connectivity index (χ0) is 15.1. The number of fused-ring (bicyclic) bond motifs is 3. The highest BCUT2D eigenvalue weighted by Gasteiger charge is 2.50. The van der Waals surface area contributed by atoms with Crippen LogP contribution < -0.4 is 10.6 Å². The van der Waals surface area contributed by atoms with Crippen molar-refractivity contribution >= 4 is 47.0 Å². The molecule has 0 spiro atoms. The highest BCUT2D eigenvalue weighted by atomic mass is 32.3. The van der Waals surface area contributed by atoms with Crippen LogP contribution in [0.25, 0.3) is 0 Å². The fourth-order valence-electron chi connectivity index (χ4n) is 4.50. The van der Waals surface area contributed by atoms with E-state index in [4.69, 9.17) is 0 Å². The Morgan fingerprint density at radius 2 is 1.36 bits per heavy atom. The second-order valence-electron chi connectivity index (χ2n) is 6.39. The van der Waals surface area contributed by atoms with Crippen molar-refractivity contribution in [3.63, 3.8) is 0 Å². The van der Waals surface area contributed by atoms with Crippen LogP contribution in [0.15, 0.2) is 18.3 Å². The molecule has 4 atom stereocenters. The van der Waals surface area contributed by atoms with Gasteiger partial charge in [0.1, 0.15) is 0 Å². The van der Waals surface area contributed by atoms with Gasteiger partial charge in [-0.15, -0.1) is 23.5 Å². The number of thioether (sulfide) groups is 4. The molecule has 4 rings (SSSR count). The summed E-state index contributed by atoms with van der Waals surface area (Å²) in [6, 6.07) is 1.36. The lowest BCUT2D eigenvalue weighted by Gasteiger charge is -2.33. The van der Waals surface area contributed by atoms with Crippen LogP contribution in [-0.4, -0.2) is 37.7 Å². The van der Waals surface area contributed by atoms with Crippen LogP contribution in [0, 0.1) is 11.8 Å². The van der Waals surface area contributed by atoms with Gasteiger partial charge in [-0.2, -0.15) is 0 Å². The number of piperidine rings is 2. The quantitative estimate of drug-likeness (QED) is 0.750. The molecule has 122 valence electrons. The van der Waals surface area contributed by atoms with Gasteiger partial charge in [0.05, 0.1) is 12.7 Å². The van der Waals surface area contributed by atoms with E-state index >= 15 is 0 Å². The predicted octanol–water partition coefficient (Wildman–Crippen LogP) is 4.28. The first-order valence-corrected chi connectivity index (χ1v) is 12.3. The number of hydrogen-bond donors (Lipinski definition) is 2. The Hall–Kier alpha value is 0.800. The van der Waals surface area contributed by atoms with Gasteiger partial charge in [0.2, 0.25) is 0 Å².